The van der Waals surface area contributed by atoms with Gasteiger partial charge >= 0.3 is 0 Å². The van der Waals surface area contributed by atoms with Gasteiger partial charge in [0.25, 0.3) is 0 Å². The number of hydrogen-bond acceptors (Lipinski definition) is 4. The molecule has 0 aromatic rings. The summed E-state index contributed by atoms with van der Waals surface area (Å²) in [5, 5.41) is 8.97. The summed E-state index contributed by atoms with van der Waals surface area (Å²) in [5.41, 5.74) is 0. The van der Waals surface area contributed by atoms with Crippen LogP contribution < -0.4 is 0 Å². The maximum absolute atomic E-state index is 11.2. The van der Waals surface area contributed by atoms with E-state index in [0.717, 1.165) is 25.7 Å². The third kappa shape index (κ3) is 4.80. The second kappa shape index (κ2) is 6.57. The van der Waals surface area contributed by atoms with Gasteiger partial charge in [0, 0.05) is 12.4 Å². The number of hydrogen-bond donors (Lipinski definition) is 1. The topological polar surface area (TPSA) is 63.6 Å². The summed E-state index contributed by atoms with van der Waals surface area (Å²) in [6.45, 7) is 2.23. The van der Waals surface area contributed by atoms with Crippen molar-refractivity contribution in [3.05, 3.63) is 0 Å². The first-order chi connectivity index (χ1) is 7.57. The van der Waals surface area contributed by atoms with Gasteiger partial charge < -0.3 is 9.84 Å². The van der Waals surface area contributed by atoms with E-state index in [4.69, 9.17) is 9.84 Å². The van der Waals surface area contributed by atoms with E-state index < -0.39 is 9.84 Å². The smallest absolute Gasteiger partial charge is 0.152 e. The molecule has 4 nitrogen and oxygen atoms in total. The quantitative estimate of drug-likeness (QED) is 0.763. The molecule has 1 aliphatic carbocycles. The van der Waals surface area contributed by atoms with Gasteiger partial charge in [0.2, 0.25) is 0 Å². The predicted octanol–water partition coefficient (Wildman–Crippen LogP) is 0.989. The monoisotopic (exact) mass is 250 g/mol. The Labute approximate surface area is 97.9 Å². The minimum atomic E-state index is -2.90. The number of aliphatic hydroxyl groups is 1. The van der Waals surface area contributed by atoms with Crippen LogP contribution in [0, 0.1) is 5.92 Å². The van der Waals surface area contributed by atoms with Crippen LogP contribution in [0.2, 0.25) is 0 Å². The van der Waals surface area contributed by atoms with E-state index >= 15 is 0 Å². The Bertz CT molecular complexity index is 278. The molecule has 0 amide bonds. The van der Waals surface area contributed by atoms with Crippen molar-refractivity contribution >= 4 is 9.84 Å². The molecule has 0 atom stereocenters. The molecule has 1 saturated carbocycles. The average molecular weight is 250 g/mol. The highest BCUT2D eigenvalue weighted by molar-refractivity contribution is 7.91. The van der Waals surface area contributed by atoms with Crippen molar-refractivity contribution < 1.29 is 18.3 Å². The molecule has 5 heteroatoms. The summed E-state index contributed by atoms with van der Waals surface area (Å²) in [6, 6.07) is 0. The molecular weight excluding hydrogens is 228 g/mol. The summed E-state index contributed by atoms with van der Waals surface area (Å²) in [7, 11) is -2.90. The molecule has 0 saturated heterocycles. The molecule has 1 fully saturated rings. The number of ether oxygens (including phenoxy) is 1. The van der Waals surface area contributed by atoms with Crippen molar-refractivity contribution in [2.75, 3.05) is 24.7 Å². The van der Waals surface area contributed by atoms with Gasteiger partial charge in [0.05, 0.1) is 18.5 Å². The van der Waals surface area contributed by atoms with Crippen LogP contribution in [0.4, 0.5) is 0 Å². The van der Waals surface area contributed by atoms with Gasteiger partial charge in [-0.05, 0) is 31.6 Å². The highest BCUT2D eigenvalue weighted by Gasteiger charge is 2.21. The highest BCUT2D eigenvalue weighted by atomic mass is 32.2. The third-order valence-electron chi connectivity index (χ3n) is 3.24. The Morgan fingerprint density at radius 2 is 1.88 bits per heavy atom. The maximum Gasteiger partial charge on any atom is 0.152 e. The minimum Gasteiger partial charge on any atom is -0.396 e. The summed E-state index contributed by atoms with van der Waals surface area (Å²) in [6.07, 6.45) is 4.05. The van der Waals surface area contributed by atoms with Crippen LogP contribution in [0.3, 0.4) is 0 Å². The van der Waals surface area contributed by atoms with E-state index in [9.17, 15) is 8.42 Å². The van der Waals surface area contributed by atoms with Crippen LogP contribution in [-0.4, -0.2) is 44.3 Å². The predicted molar refractivity (Wildman–Crippen MR) is 63.1 cm³/mol. The van der Waals surface area contributed by atoms with E-state index in [1.165, 1.54) is 0 Å². The first-order valence-electron chi connectivity index (χ1n) is 6.00. The molecular formula is C11H22O4S. The zero-order valence-corrected chi connectivity index (χ0v) is 10.7. The zero-order valence-electron chi connectivity index (χ0n) is 9.89. The lowest BCUT2D eigenvalue weighted by Gasteiger charge is -2.27. The first kappa shape index (κ1) is 13.9. The van der Waals surface area contributed by atoms with E-state index in [1.54, 1.807) is 6.92 Å². The lowest BCUT2D eigenvalue weighted by atomic mass is 9.88. The second-order valence-electron chi connectivity index (χ2n) is 4.43. The summed E-state index contributed by atoms with van der Waals surface area (Å²) in [5.74, 6) is 0.732. The number of rotatable bonds is 6. The molecule has 96 valence electrons. The fraction of sp³-hybridized carbons (Fsp3) is 1.00. The van der Waals surface area contributed by atoms with E-state index in [2.05, 4.69) is 0 Å². The fourth-order valence-corrected chi connectivity index (χ4v) is 2.61. The van der Waals surface area contributed by atoms with Crippen molar-refractivity contribution in [1.29, 1.82) is 0 Å². The van der Waals surface area contributed by atoms with Gasteiger partial charge in [0.1, 0.15) is 0 Å². The normalized spacial score (nSPS) is 26.9. The molecule has 0 aromatic heterocycles. The summed E-state index contributed by atoms with van der Waals surface area (Å²) < 4.78 is 28.0. The number of sulfone groups is 1. The Kier molecular flexibility index (Phi) is 5.72. The van der Waals surface area contributed by atoms with Crippen molar-refractivity contribution in [2.45, 2.75) is 38.7 Å². The van der Waals surface area contributed by atoms with Crippen LogP contribution in [0.25, 0.3) is 0 Å². The molecule has 1 N–H and O–H groups in total. The molecule has 16 heavy (non-hydrogen) atoms. The van der Waals surface area contributed by atoms with Crippen LogP contribution in [0.1, 0.15) is 32.6 Å². The van der Waals surface area contributed by atoms with Gasteiger partial charge in [-0.1, -0.05) is 6.92 Å². The molecule has 1 aliphatic rings. The van der Waals surface area contributed by atoms with E-state index in [0.29, 0.717) is 12.5 Å². The standard InChI is InChI=1S/C11H22O4S/c1-2-16(13,14)8-7-15-11-5-3-10(9-12)4-6-11/h10-12H,2-9H2,1H3. The van der Waals surface area contributed by atoms with Gasteiger partial charge in [-0.3, -0.25) is 0 Å². The van der Waals surface area contributed by atoms with Gasteiger partial charge in [0.15, 0.2) is 9.84 Å². The maximum atomic E-state index is 11.2. The van der Waals surface area contributed by atoms with Gasteiger partial charge in [-0.25, -0.2) is 8.42 Å². The first-order valence-corrected chi connectivity index (χ1v) is 7.82. The second-order valence-corrected chi connectivity index (χ2v) is 6.91. The Balaban J connectivity index is 2.16. The Morgan fingerprint density at radius 1 is 1.25 bits per heavy atom. The molecule has 0 bridgehead atoms. The molecule has 0 aromatic carbocycles. The van der Waals surface area contributed by atoms with E-state index in [1.807, 2.05) is 0 Å². The Hall–Kier alpha value is -0.130. The lowest BCUT2D eigenvalue weighted by molar-refractivity contribution is 0.0192. The van der Waals surface area contributed by atoms with Crippen LogP contribution in [0.15, 0.2) is 0 Å². The summed E-state index contributed by atoms with van der Waals surface area (Å²) in [4.78, 5) is 0. The van der Waals surface area contributed by atoms with E-state index in [-0.39, 0.29) is 24.2 Å². The highest BCUT2D eigenvalue weighted by Crippen LogP contribution is 2.25. The molecule has 1 rings (SSSR count). The molecule has 0 radical (unpaired) electrons. The van der Waals surface area contributed by atoms with Crippen molar-refractivity contribution in [2.24, 2.45) is 5.92 Å². The van der Waals surface area contributed by atoms with Crippen molar-refractivity contribution in [1.82, 2.24) is 0 Å². The molecule has 0 unspecified atom stereocenters. The van der Waals surface area contributed by atoms with Crippen LogP contribution in [0.5, 0.6) is 0 Å². The van der Waals surface area contributed by atoms with Crippen molar-refractivity contribution in [3.8, 4) is 0 Å². The zero-order chi connectivity index (χ0) is 12.0. The third-order valence-corrected chi connectivity index (χ3v) is 4.91. The van der Waals surface area contributed by atoms with Crippen molar-refractivity contribution in [3.63, 3.8) is 0 Å². The van der Waals surface area contributed by atoms with Gasteiger partial charge in [-0.2, -0.15) is 0 Å². The fourth-order valence-electron chi connectivity index (χ4n) is 1.97. The van der Waals surface area contributed by atoms with Crippen LogP contribution in [-0.2, 0) is 14.6 Å². The SMILES string of the molecule is CCS(=O)(=O)CCOC1CCC(CO)CC1. The molecule has 0 heterocycles. The largest absolute Gasteiger partial charge is 0.396 e. The minimum absolute atomic E-state index is 0.128. The van der Waals surface area contributed by atoms with Crippen LogP contribution >= 0.6 is 0 Å². The summed E-state index contributed by atoms with van der Waals surface area (Å²) >= 11 is 0. The Morgan fingerprint density at radius 3 is 2.38 bits per heavy atom. The van der Waals surface area contributed by atoms with Gasteiger partial charge in [-0.15, -0.1) is 0 Å². The number of aliphatic hydroxyl groups excluding tert-OH is 1. The molecule has 0 spiro atoms. The lowest BCUT2D eigenvalue weighted by Crippen LogP contribution is -2.25. The molecule has 0 aliphatic heterocycles. The average Bonchev–Trinajstić information content (AvgIpc) is 2.30.